The van der Waals surface area contributed by atoms with Crippen molar-refractivity contribution in [2.45, 2.75) is 6.92 Å². The van der Waals surface area contributed by atoms with Gasteiger partial charge in [-0.1, -0.05) is 39.7 Å². The molecule has 0 aliphatic carbocycles. The second kappa shape index (κ2) is 7.96. The lowest BCUT2D eigenvalue weighted by atomic mass is 10.1. The Morgan fingerprint density at radius 1 is 1.18 bits per heavy atom. The molecule has 0 radical (unpaired) electrons. The van der Waals surface area contributed by atoms with Gasteiger partial charge in [-0.05, 0) is 48.9 Å². The Morgan fingerprint density at radius 2 is 1.82 bits per heavy atom. The first-order valence-electron chi connectivity index (χ1n) is 6.52. The summed E-state index contributed by atoms with van der Waals surface area (Å²) in [4.78, 5) is 11.7. The van der Waals surface area contributed by atoms with E-state index in [1.54, 1.807) is 24.3 Å². The summed E-state index contributed by atoms with van der Waals surface area (Å²) in [7, 11) is 0. The van der Waals surface area contributed by atoms with Crippen LogP contribution < -0.4 is 10.2 Å². The van der Waals surface area contributed by atoms with E-state index < -0.39 is 0 Å². The molecule has 1 amide bonds. The maximum Gasteiger partial charge on any atom is 0.277 e. The zero-order chi connectivity index (χ0) is 15.9. The third kappa shape index (κ3) is 5.16. The number of hydrogen-bond donors (Lipinski definition) is 1. The van der Waals surface area contributed by atoms with Crippen LogP contribution in [-0.2, 0) is 4.79 Å². The molecule has 2 rings (SSSR count). The van der Waals surface area contributed by atoms with E-state index >= 15 is 0 Å². The standard InChI is InChI=1S/C16H14BrClN2O2/c1-11(12-2-4-13(17)5-3-12)19-20-16(21)10-22-15-8-6-14(18)7-9-15/h2-9H,10H2,1H3,(H,20,21)/b19-11+. The molecule has 0 fully saturated rings. The Morgan fingerprint density at radius 3 is 2.45 bits per heavy atom. The van der Waals surface area contributed by atoms with Crippen LogP contribution in [0.2, 0.25) is 5.02 Å². The van der Waals surface area contributed by atoms with Crippen LogP contribution in [0.15, 0.2) is 58.1 Å². The minimum Gasteiger partial charge on any atom is -0.484 e. The molecule has 4 nitrogen and oxygen atoms in total. The molecule has 0 aromatic heterocycles. The lowest BCUT2D eigenvalue weighted by Gasteiger charge is -2.06. The summed E-state index contributed by atoms with van der Waals surface area (Å²) in [6, 6.07) is 14.5. The van der Waals surface area contributed by atoms with Crippen molar-refractivity contribution >= 4 is 39.1 Å². The number of hydrazone groups is 1. The van der Waals surface area contributed by atoms with E-state index in [0.717, 1.165) is 10.0 Å². The van der Waals surface area contributed by atoms with Crippen LogP contribution in [0.1, 0.15) is 12.5 Å². The van der Waals surface area contributed by atoms with Gasteiger partial charge in [0.05, 0.1) is 5.71 Å². The van der Waals surface area contributed by atoms with Gasteiger partial charge in [-0.3, -0.25) is 4.79 Å². The van der Waals surface area contributed by atoms with Gasteiger partial charge in [-0.15, -0.1) is 0 Å². The summed E-state index contributed by atoms with van der Waals surface area (Å²) in [5.74, 6) is 0.250. The summed E-state index contributed by atoms with van der Waals surface area (Å²) in [5.41, 5.74) is 4.11. The molecule has 2 aromatic rings. The molecular weight excluding hydrogens is 368 g/mol. The van der Waals surface area contributed by atoms with Crippen LogP contribution in [-0.4, -0.2) is 18.2 Å². The van der Waals surface area contributed by atoms with E-state index in [9.17, 15) is 4.79 Å². The molecule has 0 saturated carbocycles. The maximum atomic E-state index is 11.7. The van der Waals surface area contributed by atoms with Gasteiger partial charge in [-0.25, -0.2) is 5.43 Å². The molecule has 2 aromatic carbocycles. The quantitative estimate of drug-likeness (QED) is 0.628. The summed E-state index contributed by atoms with van der Waals surface area (Å²) in [6.45, 7) is 1.71. The molecule has 0 aliphatic rings. The number of nitrogens with zero attached hydrogens (tertiary/aromatic N) is 1. The van der Waals surface area contributed by atoms with Crippen molar-refractivity contribution in [1.82, 2.24) is 5.43 Å². The van der Waals surface area contributed by atoms with Crippen LogP contribution in [0.3, 0.4) is 0 Å². The fourth-order valence-corrected chi connectivity index (χ4v) is 2.00. The van der Waals surface area contributed by atoms with E-state index in [0.29, 0.717) is 16.5 Å². The highest BCUT2D eigenvalue weighted by Gasteiger charge is 2.03. The Kier molecular flexibility index (Phi) is 5.98. The van der Waals surface area contributed by atoms with Gasteiger partial charge in [-0.2, -0.15) is 5.10 Å². The highest BCUT2D eigenvalue weighted by atomic mass is 79.9. The van der Waals surface area contributed by atoms with Crippen LogP contribution in [0.5, 0.6) is 5.75 Å². The van der Waals surface area contributed by atoms with Gasteiger partial charge in [0, 0.05) is 9.50 Å². The van der Waals surface area contributed by atoms with E-state index in [1.165, 1.54) is 0 Å². The average molecular weight is 382 g/mol. The molecule has 0 aliphatic heterocycles. The Balaban J connectivity index is 1.85. The van der Waals surface area contributed by atoms with Crippen LogP contribution in [0, 0.1) is 0 Å². The van der Waals surface area contributed by atoms with Gasteiger partial charge in [0.1, 0.15) is 5.75 Å². The second-order valence-corrected chi connectivity index (χ2v) is 5.83. The second-order valence-electron chi connectivity index (χ2n) is 4.48. The van der Waals surface area contributed by atoms with Crippen molar-refractivity contribution in [3.63, 3.8) is 0 Å². The topological polar surface area (TPSA) is 50.7 Å². The lowest BCUT2D eigenvalue weighted by molar-refractivity contribution is -0.123. The fraction of sp³-hybridized carbons (Fsp3) is 0.125. The van der Waals surface area contributed by atoms with E-state index in [1.807, 2.05) is 31.2 Å². The predicted molar refractivity (Wildman–Crippen MR) is 91.4 cm³/mol. The lowest BCUT2D eigenvalue weighted by Crippen LogP contribution is -2.25. The van der Waals surface area contributed by atoms with Crippen LogP contribution in [0.25, 0.3) is 0 Å². The number of carbonyl (C=O) groups is 1. The zero-order valence-electron chi connectivity index (χ0n) is 11.8. The third-order valence-corrected chi connectivity index (χ3v) is 3.57. The number of rotatable bonds is 5. The largest absolute Gasteiger partial charge is 0.484 e. The number of nitrogens with one attached hydrogen (secondary N) is 1. The Hall–Kier alpha value is -1.85. The first-order chi connectivity index (χ1) is 10.5. The molecular formula is C16H14BrClN2O2. The summed E-state index contributed by atoms with van der Waals surface area (Å²) in [6.07, 6.45) is 0. The molecule has 0 unspecified atom stereocenters. The molecule has 0 bridgehead atoms. The van der Waals surface area contributed by atoms with Gasteiger partial charge in [0.25, 0.3) is 5.91 Å². The van der Waals surface area contributed by atoms with Gasteiger partial charge in [0.15, 0.2) is 6.61 Å². The smallest absolute Gasteiger partial charge is 0.277 e. The highest BCUT2D eigenvalue weighted by molar-refractivity contribution is 9.10. The Bertz CT molecular complexity index is 670. The average Bonchev–Trinajstić information content (AvgIpc) is 2.52. The van der Waals surface area contributed by atoms with E-state index in [4.69, 9.17) is 16.3 Å². The maximum absolute atomic E-state index is 11.7. The molecule has 1 N–H and O–H groups in total. The highest BCUT2D eigenvalue weighted by Crippen LogP contribution is 2.15. The SMILES string of the molecule is C/C(=N\NC(=O)COc1ccc(Cl)cc1)c1ccc(Br)cc1. The normalized spacial score (nSPS) is 11.1. The number of ether oxygens (including phenoxy) is 1. The molecule has 6 heteroatoms. The van der Waals surface area contributed by atoms with Crippen LogP contribution in [0.4, 0.5) is 0 Å². The molecule has 0 spiro atoms. The van der Waals surface area contributed by atoms with Crippen molar-refractivity contribution in [3.05, 3.63) is 63.6 Å². The molecule has 0 atom stereocenters. The number of hydrogen-bond acceptors (Lipinski definition) is 3. The fourth-order valence-electron chi connectivity index (χ4n) is 1.61. The summed E-state index contributed by atoms with van der Waals surface area (Å²) >= 11 is 9.14. The van der Waals surface area contributed by atoms with E-state index in [-0.39, 0.29) is 12.5 Å². The third-order valence-electron chi connectivity index (χ3n) is 2.79. The number of benzene rings is 2. The summed E-state index contributed by atoms with van der Waals surface area (Å²) < 4.78 is 6.32. The van der Waals surface area contributed by atoms with Gasteiger partial charge < -0.3 is 4.74 Å². The monoisotopic (exact) mass is 380 g/mol. The first kappa shape index (κ1) is 16.5. The Labute approximate surface area is 142 Å². The van der Waals surface area contributed by atoms with Crippen molar-refractivity contribution < 1.29 is 9.53 Å². The van der Waals surface area contributed by atoms with Crippen LogP contribution >= 0.6 is 27.5 Å². The van der Waals surface area contributed by atoms with Crippen molar-refractivity contribution in [2.75, 3.05) is 6.61 Å². The first-order valence-corrected chi connectivity index (χ1v) is 7.69. The minimum atomic E-state index is -0.327. The van der Waals surface area contributed by atoms with Gasteiger partial charge in [0.2, 0.25) is 0 Å². The van der Waals surface area contributed by atoms with E-state index in [2.05, 4.69) is 26.5 Å². The number of halogens is 2. The van der Waals surface area contributed by atoms with Crippen molar-refractivity contribution in [3.8, 4) is 5.75 Å². The number of amides is 1. The molecule has 0 heterocycles. The molecule has 0 saturated heterocycles. The summed E-state index contributed by atoms with van der Waals surface area (Å²) in [5, 5.41) is 4.67. The zero-order valence-corrected chi connectivity index (χ0v) is 14.2. The van der Waals surface area contributed by atoms with Crippen molar-refractivity contribution in [2.24, 2.45) is 5.10 Å². The van der Waals surface area contributed by atoms with Gasteiger partial charge >= 0.3 is 0 Å². The minimum absolute atomic E-state index is 0.112. The molecule has 114 valence electrons. The molecule has 22 heavy (non-hydrogen) atoms. The van der Waals surface area contributed by atoms with Crippen molar-refractivity contribution in [1.29, 1.82) is 0 Å². The number of carbonyl (C=O) groups excluding carboxylic acids is 1. The predicted octanol–water partition coefficient (Wildman–Crippen LogP) is 4.02.